The Morgan fingerprint density at radius 3 is 2.84 bits per heavy atom. The van der Waals surface area contributed by atoms with E-state index >= 15 is 0 Å². The van der Waals surface area contributed by atoms with Crippen molar-refractivity contribution in [3.05, 3.63) is 23.8 Å². The van der Waals surface area contributed by atoms with Gasteiger partial charge in [-0.3, -0.25) is 4.79 Å². The van der Waals surface area contributed by atoms with E-state index in [2.05, 4.69) is 12.2 Å². The number of rotatable bonds is 4. The molecule has 1 amide bonds. The standard InChI is InChI=1S/C15H21NO3/c1-10-4-3-5-12(10)9-16-15(18)11-6-7-14(19-2)13(17)8-11/h6-8,10,12,17H,3-5,9H2,1-2H3,(H,16,18). The first-order valence-corrected chi connectivity index (χ1v) is 6.77. The highest BCUT2D eigenvalue weighted by Crippen LogP contribution is 2.30. The molecule has 2 unspecified atom stereocenters. The van der Waals surface area contributed by atoms with E-state index in [0.29, 0.717) is 29.7 Å². The van der Waals surface area contributed by atoms with Gasteiger partial charge in [0.1, 0.15) is 0 Å². The van der Waals surface area contributed by atoms with Gasteiger partial charge in [-0.05, 0) is 36.5 Å². The van der Waals surface area contributed by atoms with Crippen LogP contribution in [0, 0.1) is 11.8 Å². The SMILES string of the molecule is COc1ccc(C(=O)NCC2CCCC2C)cc1O. The fourth-order valence-electron chi connectivity index (χ4n) is 2.68. The van der Waals surface area contributed by atoms with Crippen molar-refractivity contribution in [1.29, 1.82) is 0 Å². The fourth-order valence-corrected chi connectivity index (χ4v) is 2.68. The summed E-state index contributed by atoms with van der Waals surface area (Å²) in [5.74, 6) is 1.49. The molecule has 0 radical (unpaired) electrons. The lowest BCUT2D eigenvalue weighted by atomic mass is 9.98. The highest BCUT2D eigenvalue weighted by molar-refractivity contribution is 5.94. The highest BCUT2D eigenvalue weighted by atomic mass is 16.5. The maximum Gasteiger partial charge on any atom is 0.251 e. The number of ether oxygens (including phenoxy) is 1. The lowest BCUT2D eigenvalue weighted by molar-refractivity contribution is 0.0944. The fraction of sp³-hybridized carbons (Fsp3) is 0.533. The number of methoxy groups -OCH3 is 1. The second-order valence-corrected chi connectivity index (χ2v) is 5.26. The Hall–Kier alpha value is -1.71. The van der Waals surface area contributed by atoms with Crippen LogP contribution in [0.4, 0.5) is 0 Å². The van der Waals surface area contributed by atoms with Crippen LogP contribution in [0.25, 0.3) is 0 Å². The molecule has 19 heavy (non-hydrogen) atoms. The predicted molar refractivity (Wildman–Crippen MR) is 73.5 cm³/mol. The molecule has 0 heterocycles. The minimum absolute atomic E-state index is 0.00983. The molecule has 1 fully saturated rings. The Bertz CT molecular complexity index is 459. The van der Waals surface area contributed by atoms with Gasteiger partial charge in [0.2, 0.25) is 0 Å². The third kappa shape index (κ3) is 3.19. The average Bonchev–Trinajstić information content (AvgIpc) is 2.81. The summed E-state index contributed by atoms with van der Waals surface area (Å²) in [6.45, 7) is 2.95. The Balaban J connectivity index is 1.94. The molecule has 4 heteroatoms. The zero-order chi connectivity index (χ0) is 13.8. The summed E-state index contributed by atoms with van der Waals surface area (Å²) in [6.07, 6.45) is 3.70. The summed E-state index contributed by atoms with van der Waals surface area (Å²) in [5.41, 5.74) is 0.462. The largest absolute Gasteiger partial charge is 0.504 e. The number of carbonyl (C=O) groups excluding carboxylic acids is 1. The molecule has 0 bridgehead atoms. The summed E-state index contributed by atoms with van der Waals surface area (Å²) in [5, 5.41) is 12.6. The van der Waals surface area contributed by atoms with Crippen LogP contribution < -0.4 is 10.1 Å². The number of benzene rings is 1. The molecule has 4 nitrogen and oxygen atoms in total. The van der Waals surface area contributed by atoms with Gasteiger partial charge in [-0.2, -0.15) is 0 Å². The molecule has 0 aromatic heterocycles. The first-order valence-electron chi connectivity index (χ1n) is 6.77. The third-order valence-corrected chi connectivity index (χ3v) is 4.00. The number of amides is 1. The van der Waals surface area contributed by atoms with Crippen LogP contribution in [0.2, 0.25) is 0 Å². The van der Waals surface area contributed by atoms with Crippen molar-refractivity contribution in [3.63, 3.8) is 0 Å². The van der Waals surface area contributed by atoms with E-state index in [9.17, 15) is 9.90 Å². The maximum atomic E-state index is 12.0. The average molecular weight is 263 g/mol. The van der Waals surface area contributed by atoms with Crippen molar-refractivity contribution in [2.75, 3.05) is 13.7 Å². The van der Waals surface area contributed by atoms with E-state index in [0.717, 1.165) is 0 Å². The molecular weight excluding hydrogens is 242 g/mol. The van der Waals surface area contributed by atoms with Gasteiger partial charge < -0.3 is 15.2 Å². The van der Waals surface area contributed by atoms with Crippen molar-refractivity contribution in [2.45, 2.75) is 26.2 Å². The molecule has 1 saturated carbocycles. The molecule has 1 aromatic rings. The van der Waals surface area contributed by atoms with Gasteiger partial charge in [-0.1, -0.05) is 19.8 Å². The van der Waals surface area contributed by atoms with Crippen LogP contribution in [0.1, 0.15) is 36.5 Å². The van der Waals surface area contributed by atoms with Crippen LogP contribution >= 0.6 is 0 Å². The van der Waals surface area contributed by atoms with Gasteiger partial charge in [0.15, 0.2) is 11.5 Å². The van der Waals surface area contributed by atoms with Crippen LogP contribution in [0.5, 0.6) is 11.5 Å². The zero-order valence-corrected chi connectivity index (χ0v) is 11.5. The van der Waals surface area contributed by atoms with Crippen molar-refractivity contribution in [1.82, 2.24) is 5.32 Å². The quantitative estimate of drug-likeness (QED) is 0.877. The van der Waals surface area contributed by atoms with Gasteiger partial charge >= 0.3 is 0 Å². The Kier molecular flexibility index (Phi) is 4.30. The lowest BCUT2D eigenvalue weighted by Gasteiger charge is -2.16. The molecule has 1 aliphatic carbocycles. The maximum absolute atomic E-state index is 12.0. The van der Waals surface area contributed by atoms with E-state index in [4.69, 9.17) is 4.74 Å². The van der Waals surface area contributed by atoms with Crippen LogP contribution in [0.15, 0.2) is 18.2 Å². The van der Waals surface area contributed by atoms with Gasteiger partial charge in [-0.25, -0.2) is 0 Å². The molecule has 1 aromatic carbocycles. The topological polar surface area (TPSA) is 58.6 Å². The van der Waals surface area contributed by atoms with E-state index in [1.807, 2.05) is 0 Å². The van der Waals surface area contributed by atoms with Crippen molar-refractivity contribution < 1.29 is 14.6 Å². The third-order valence-electron chi connectivity index (χ3n) is 4.00. The summed E-state index contributed by atoms with van der Waals surface area (Å²) >= 11 is 0. The zero-order valence-electron chi connectivity index (χ0n) is 11.5. The lowest BCUT2D eigenvalue weighted by Crippen LogP contribution is -2.30. The summed E-state index contributed by atoms with van der Waals surface area (Å²) < 4.78 is 4.95. The predicted octanol–water partition coefficient (Wildman–Crippen LogP) is 2.57. The molecule has 2 N–H and O–H groups in total. The monoisotopic (exact) mass is 263 g/mol. The summed E-state index contributed by atoms with van der Waals surface area (Å²) in [7, 11) is 1.48. The second kappa shape index (κ2) is 5.95. The van der Waals surface area contributed by atoms with Crippen LogP contribution in [0.3, 0.4) is 0 Å². The molecule has 0 spiro atoms. The Morgan fingerprint density at radius 2 is 2.26 bits per heavy atom. The van der Waals surface area contributed by atoms with E-state index in [1.54, 1.807) is 12.1 Å². The van der Waals surface area contributed by atoms with Crippen LogP contribution in [-0.2, 0) is 0 Å². The first-order chi connectivity index (χ1) is 9.11. The minimum Gasteiger partial charge on any atom is -0.504 e. The number of phenols is 1. The van der Waals surface area contributed by atoms with E-state index in [-0.39, 0.29) is 11.7 Å². The van der Waals surface area contributed by atoms with Crippen molar-refractivity contribution in [2.24, 2.45) is 11.8 Å². The number of hydrogen-bond donors (Lipinski definition) is 2. The molecular formula is C15H21NO3. The summed E-state index contributed by atoms with van der Waals surface area (Å²) in [4.78, 5) is 12.0. The summed E-state index contributed by atoms with van der Waals surface area (Å²) in [6, 6.07) is 4.70. The van der Waals surface area contributed by atoms with Gasteiger partial charge in [0.25, 0.3) is 5.91 Å². The van der Waals surface area contributed by atoms with E-state index < -0.39 is 0 Å². The molecule has 2 rings (SSSR count). The van der Waals surface area contributed by atoms with Crippen molar-refractivity contribution >= 4 is 5.91 Å². The molecule has 104 valence electrons. The normalized spacial score (nSPS) is 22.2. The number of carbonyl (C=O) groups is 1. The van der Waals surface area contributed by atoms with Crippen molar-refractivity contribution in [3.8, 4) is 11.5 Å². The highest BCUT2D eigenvalue weighted by Gasteiger charge is 2.23. The molecule has 1 aliphatic rings. The van der Waals surface area contributed by atoms with Gasteiger partial charge in [0.05, 0.1) is 7.11 Å². The molecule has 0 saturated heterocycles. The number of hydrogen-bond acceptors (Lipinski definition) is 3. The minimum atomic E-state index is -0.142. The van der Waals surface area contributed by atoms with Crippen LogP contribution in [-0.4, -0.2) is 24.7 Å². The number of nitrogens with one attached hydrogen (secondary N) is 1. The Morgan fingerprint density at radius 1 is 1.47 bits per heavy atom. The molecule has 0 aliphatic heterocycles. The van der Waals surface area contributed by atoms with Gasteiger partial charge in [-0.15, -0.1) is 0 Å². The first kappa shape index (κ1) is 13.7. The second-order valence-electron chi connectivity index (χ2n) is 5.26. The molecule has 2 atom stereocenters. The Labute approximate surface area is 113 Å². The van der Waals surface area contributed by atoms with E-state index in [1.165, 1.54) is 32.4 Å². The van der Waals surface area contributed by atoms with Gasteiger partial charge in [0, 0.05) is 12.1 Å². The number of aromatic hydroxyl groups is 1. The number of phenolic OH excluding ortho intramolecular Hbond substituents is 1. The smallest absolute Gasteiger partial charge is 0.251 e.